The Morgan fingerprint density at radius 3 is 2.07 bits per heavy atom. The third-order valence-corrected chi connectivity index (χ3v) is 9.22. The van der Waals surface area contributed by atoms with E-state index in [0.717, 1.165) is 87.8 Å². The van der Waals surface area contributed by atoms with E-state index in [4.69, 9.17) is 9.97 Å². The summed E-state index contributed by atoms with van der Waals surface area (Å²) < 4.78 is 2.15. The molecule has 0 fully saturated rings. The zero-order valence-corrected chi connectivity index (χ0v) is 24.8. The maximum atomic E-state index is 10.2. The van der Waals surface area contributed by atoms with Crippen molar-refractivity contribution in [2.75, 3.05) is 0 Å². The molecule has 0 radical (unpaired) electrons. The molecule has 0 aliphatic heterocycles. The van der Waals surface area contributed by atoms with Crippen molar-refractivity contribution in [1.29, 1.82) is 0 Å². The molecular formula is C41H26N4O. The molecule has 216 valence electrons. The third-order valence-electron chi connectivity index (χ3n) is 9.22. The quantitative estimate of drug-likeness (QED) is 0.126. The summed E-state index contributed by atoms with van der Waals surface area (Å²) in [5.41, 5.74) is 8.55. The van der Waals surface area contributed by atoms with Crippen molar-refractivity contribution in [3.05, 3.63) is 157 Å². The third kappa shape index (κ3) is 3.54. The molecule has 46 heavy (non-hydrogen) atoms. The number of nitrogens with zero attached hydrogens (tertiary/aromatic N) is 4. The lowest BCUT2D eigenvalue weighted by molar-refractivity contribution is 0.320. The molecule has 5 heteroatoms. The highest BCUT2D eigenvalue weighted by Gasteiger charge is 2.28. The largest absolute Gasteiger partial charge is 0.410 e. The molecule has 8 aromatic rings. The molecule has 5 nitrogen and oxygen atoms in total. The van der Waals surface area contributed by atoms with E-state index in [9.17, 15) is 5.21 Å². The van der Waals surface area contributed by atoms with Gasteiger partial charge in [0.15, 0.2) is 0 Å². The minimum absolute atomic E-state index is 0.471. The Kier molecular flexibility index (Phi) is 5.59. The molecule has 6 aromatic carbocycles. The molecule has 0 spiro atoms. The van der Waals surface area contributed by atoms with Gasteiger partial charge in [0, 0.05) is 38.2 Å². The van der Waals surface area contributed by atoms with Gasteiger partial charge in [-0.2, -0.15) is 0 Å². The normalized spacial score (nSPS) is 13.9. The first kappa shape index (κ1) is 26.1. The number of benzene rings is 6. The molecular weight excluding hydrogens is 564 g/mol. The molecule has 0 amide bonds. The van der Waals surface area contributed by atoms with Gasteiger partial charge in [0.2, 0.25) is 5.95 Å². The molecule has 2 aromatic heterocycles. The zero-order chi connectivity index (χ0) is 30.9. The van der Waals surface area contributed by atoms with Crippen LogP contribution in [0.15, 0.2) is 151 Å². The fourth-order valence-electron chi connectivity index (χ4n) is 7.19. The molecule has 9 rings (SSSR count). The first-order chi connectivity index (χ1) is 22.7. The summed E-state index contributed by atoms with van der Waals surface area (Å²) in [7, 11) is 0. The zero-order valence-electron chi connectivity index (χ0n) is 24.8. The van der Waals surface area contributed by atoms with E-state index in [1.807, 2.05) is 18.2 Å². The topological polar surface area (TPSA) is 63.3 Å². The molecule has 0 bridgehead atoms. The molecule has 2 heterocycles. The van der Waals surface area contributed by atoms with Crippen LogP contribution in [0, 0.1) is 0 Å². The fourth-order valence-corrected chi connectivity index (χ4v) is 7.19. The van der Waals surface area contributed by atoms with Gasteiger partial charge in [-0.05, 0) is 51.6 Å². The van der Waals surface area contributed by atoms with Gasteiger partial charge in [0.25, 0.3) is 0 Å². The van der Waals surface area contributed by atoms with Crippen molar-refractivity contribution < 1.29 is 5.21 Å². The monoisotopic (exact) mass is 590 g/mol. The van der Waals surface area contributed by atoms with Crippen molar-refractivity contribution in [3.63, 3.8) is 0 Å². The Morgan fingerprint density at radius 1 is 0.609 bits per heavy atom. The van der Waals surface area contributed by atoms with E-state index in [-0.39, 0.29) is 0 Å². The minimum atomic E-state index is 0.471. The van der Waals surface area contributed by atoms with Gasteiger partial charge < -0.3 is 5.21 Å². The van der Waals surface area contributed by atoms with Gasteiger partial charge in [0.05, 0.1) is 22.2 Å². The lowest BCUT2D eigenvalue weighted by atomic mass is 9.99. The maximum absolute atomic E-state index is 10.2. The smallest absolute Gasteiger partial charge is 0.235 e. The molecule has 1 aliphatic carbocycles. The van der Waals surface area contributed by atoms with Gasteiger partial charge in [-0.15, -0.1) is 0 Å². The van der Waals surface area contributed by atoms with Crippen molar-refractivity contribution in [2.24, 2.45) is 5.16 Å². The maximum Gasteiger partial charge on any atom is 0.235 e. The van der Waals surface area contributed by atoms with Crippen LogP contribution in [-0.4, -0.2) is 25.5 Å². The SMILES string of the molecule is C=CC1=C(C=C)c2cc3c4c5ccccc5ccc4n(-c4nc(-c5ccccc5)c5ccc6ccccc6c5n4)c3cc2/C1=N\O. The minimum Gasteiger partial charge on any atom is -0.410 e. The second-order valence-corrected chi connectivity index (χ2v) is 11.5. The lowest BCUT2D eigenvalue weighted by Gasteiger charge is -2.13. The fraction of sp³-hybridized carbons (Fsp3) is 0. The predicted molar refractivity (Wildman–Crippen MR) is 190 cm³/mol. The average Bonchev–Trinajstić information content (AvgIpc) is 3.61. The average molecular weight is 591 g/mol. The molecule has 1 aliphatic rings. The Labute approximate surface area is 264 Å². The van der Waals surface area contributed by atoms with E-state index in [2.05, 4.69) is 120 Å². The van der Waals surface area contributed by atoms with Crippen LogP contribution in [0.25, 0.3) is 77.0 Å². The highest BCUT2D eigenvalue weighted by atomic mass is 16.4. The van der Waals surface area contributed by atoms with Crippen LogP contribution in [0.3, 0.4) is 0 Å². The van der Waals surface area contributed by atoms with Crippen molar-refractivity contribution in [3.8, 4) is 17.2 Å². The number of hydrogen-bond donors (Lipinski definition) is 1. The number of rotatable bonds is 4. The summed E-state index contributed by atoms with van der Waals surface area (Å²) in [5.74, 6) is 0.569. The Bertz CT molecular complexity index is 2680. The number of fused-ring (bicyclic) bond motifs is 9. The second-order valence-electron chi connectivity index (χ2n) is 11.5. The van der Waals surface area contributed by atoms with Gasteiger partial charge in [-0.3, -0.25) is 4.57 Å². The second kappa shape index (κ2) is 9.84. The number of oxime groups is 1. The van der Waals surface area contributed by atoms with E-state index in [1.165, 1.54) is 0 Å². The van der Waals surface area contributed by atoms with Gasteiger partial charge in [0.1, 0.15) is 5.71 Å². The van der Waals surface area contributed by atoms with Crippen LogP contribution in [0.1, 0.15) is 11.1 Å². The summed E-state index contributed by atoms with van der Waals surface area (Å²) in [6.45, 7) is 8.08. The molecule has 0 saturated heterocycles. The molecule has 1 N–H and O–H groups in total. The van der Waals surface area contributed by atoms with Crippen LogP contribution in [0.4, 0.5) is 0 Å². The standard InChI is InChI=1S/C41H26N4O/c1-3-27-28(4-2)40(44-46)33-23-36-34(22-32(27)33)37-29-16-10-8-12-24(29)19-21-35(37)45(36)41-42-38(26-14-6-5-7-15-26)31-20-18-25-13-9-11-17-30(25)39(31)43-41/h3-23,46H,1-2H2/b44-40-. The van der Waals surface area contributed by atoms with Crippen LogP contribution >= 0.6 is 0 Å². The van der Waals surface area contributed by atoms with E-state index >= 15 is 0 Å². The summed E-state index contributed by atoms with van der Waals surface area (Å²) in [4.78, 5) is 10.7. The van der Waals surface area contributed by atoms with E-state index in [0.29, 0.717) is 11.7 Å². The van der Waals surface area contributed by atoms with E-state index in [1.54, 1.807) is 12.2 Å². The highest BCUT2D eigenvalue weighted by Crippen LogP contribution is 2.43. The summed E-state index contributed by atoms with van der Waals surface area (Å²) in [5, 5.41) is 21.5. The van der Waals surface area contributed by atoms with Crippen LogP contribution in [0.2, 0.25) is 0 Å². The summed E-state index contributed by atoms with van der Waals surface area (Å²) in [6.07, 6.45) is 3.53. The summed E-state index contributed by atoms with van der Waals surface area (Å²) >= 11 is 0. The van der Waals surface area contributed by atoms with Crippen molar-refractivity contribution in [2.45, 2.75) is 0 Å². The van der Waals surface area contributed by atoms with Gasteiger partial charge in [-0.1, -0.05) is 121 Å². The highest BCUT2D eigenvalue weighted by molar-refractivity contribution is 6.29. The number of allylic oxidation sites excluding steroid dienone is 4. The number of hydrogen-bond acceptors (Lipinski definition) is 4. The molecule has 0 unspecified atom stereocenters. The van der Waals surface area contributed by atoms with Gasteiger partial charge in [-0.25, -0.2) is 9.97 Å². The number of aromatic nitrogens is 3. The van der Waals surface area contributed by atoms with Crippen molar-refractivity contribution in [1.82, 2.24) is 14.5 Å². The first-order valence-corrected chi connectivity index (χ1v) is 15.2. The van der Waals surface area contributed by atoms with Crippen LogP contribution < -0.4 is 0 Å². The van der Waals surface area contributed by atoms with Gasteiger partial charge >= 0.3 is 0 Å². The van der Waals surface area contributed by atoms with Crippen LogP contribution in [0.5, 0.6) is 0 Å². The van der Waals surface area contributed by atoms with Crippen molar-refractivity contribution >= 4 is 65.5 Å². The Hall–Kier alpha value is -6.33. The van der Waals surface area contributed by atoms with Crippen LogP contribution in [-0.2, 0) is 0 Å². The molecule has 0 saturated carbocycles. The predicted octanol–water partition coefficient (Wildman–Crippen LogP) is 10.0. The Balaban J connectivity index is 1.48. The Morgan fingerprint density at radius 2 is 1.30 bits per heavy atom. The molecule has 0 atom stereocenters. The summed E-state index contributed by atoms with van der Waals surface area (Å²) in [6, 6.07) is 39.9. The lowest BCUT2D eigenvalue weighted by Crippen LogP contribution is -2.05. The van der Waals surface area contributed by atoms with E-state index < -0.39 is 0 Å². The first-order valence-electron chi connectivity index (χ1n) is 15.2.